The van der Waals surface area contributed by atoms with Crippen LogP contribution >= 0.6 is 0 Å². The van der Waals surface area contributed by atoms with Crippen LogP contribution in [0.3, 0.4) is 0 Å². The van der Waals surface area contributed by atoms with Gasteiger partial charge in [0.1, 0.15) is 22.8 Å². The number of esters is 1. The number of benzene rings is 3. The summed E-state index contributed by atoms with van der Waals surface area (Å²) in [6.07, 6.45) is 0. The SMILES string of the molecule is COc1cc(C(C)(C)C)c(OC(=O)c2ccc3ccccc3c2OC)c(C(C)(C)C)c1. The topological polar surface area (TPSA) is 44.8 Å². The normalized spacial score (nSPS) is 12.0. The first kappa shape index (κ1) is 22.7. The molecule has 0 aliphatic heterocycles. The van der Waals surface area contributed by atoms with Gasteiger partial charge >= 0.3 is 5.97 Å². The minimum Gasteiger partial charge on any atom is -0.497 e. The van der Waals surface area contributed by atoms with E-state index in [1.807, 2.05) is 42.5 Å². The predicted octanol–water partition coefficient (Wildman–Crippen LogP) is 6.67. The maximum absolute atomic E-state index is 13.4. The highest BCUT2D eigenvalue weighted by atomic mass is 16.5. The van der Waals surface area contributed by atoms with E-state index < -0.39 is 5.97 Å². The third-order valence-electron chi connectivity index (χ3n) is 5.41. The van der Waals surface area contributed by atoms with Crippen LogP contribution in [0.4, 0.5) is 0 Å². The monoisotopic (exact) mass is 420 g/mol. The maximum atomic E-state index is 13.4. The lowest BCUT2D eigenvalue weighted by Crippen LogP contribution is -2.22. The van der Waals surface area contributed by atoms with E-state index in [1.54, 1.807) is 20.3 Å². The Labute approximate surface area is 185 Å². The smallest absolute Gasteiger partial charge is 0.347 e. The average Bonchev–Trinajstić information content (AvgIpc) is 2.71. The minimum atomic E-state index is -0.441. The van der Waals surface area contributed by atoms with Gasteiger partial charge in [-0.2, -0.15) is 0 Å². The van der Waals surface area contributed by atoms with Gasteiger partial charge in [0.15, 0.2) is 0 Å². The summed E-state index contributed by atoms with van der Waals surface area (Å²) >= 11 is 0. The maximum Gasteiger partial charge on any atom is 0.347 e. The van der Waals surface area contributed by atoms with Crippen LogP contribution in [0.1, 0.15) is 63.0 Å². The second-order valence-corrected chi connectivity index (χ2v) is 9.81. The lowest BCUT2D eigenvalue weighted by Gasteiger charge is -2.30. The van der Waals surface area contributed by atoms with Crippen molar-refractivity contribution in [1.82, 2.24) is 0 Å². The Bertz CT molecular complexity index is 1080. The molecule has 0 spiro atoms. The molecule has 0 aromatic heterocycles. The zero-order valence-corrected chi connectivity index (χ0v) is 19.8. The number of carbonyl (C=O) groups excluding carboxylic acids is 1. The van der Waals surface area contributed by atoms with E-state index in [2.05, 4.69) is 41.5 Å². The van der Waals surface area contributed by atoms with Crippen molar-refractivity contribution in [3.8, 4) is 17.2 Å². The van der Waals surface area contributed by atoms with Crippen LogP contribution in [0.25, 0.3) is 10.8 Å². The molecular formula is C27H32O4. The molecule has 0 bridgehead atoms. The zero-order valence-electron chi connectivity index (χ0n) is 19.8. The fraction of sp³-hybridized carbons (Fsp3) is 0.370. The van der Waals surface area contributed by atoms with Crippen LogP contribution in [-0.4, -0.2) is 20.2 Å². The minimum absolute atomic E-state index is 0.252. The van der Waals surface area contributed by atoms with E-state index in [0.29, 0.717) is 17.1 Å². The van der Waals surface area contributed by atoms with E-state index in [9.17, 15) is 4.79 Å². The molecule has 3 rings (SSSR count). The first-order chi connectivity index (χ1) is 14.5. The van der Waals surface area contributed by atoms with Gasteiger partial charge in [0, 0.05) is 16.5 Å². The zero-order chi connectivity index (χ0) is 23.0. The summed E-state index contributed by atoms with van der Waals surface area (Å²) in [5.74, 6) is 1.41. The van der Waals surface area contributed by atoms with Crippen molar-refractivity contribution in [2.45, 2.75) is 52.4 Å². The summed E-state index contributed by atoms with van der Waals surface area (Å²) in [7, 11) is 3.23. The van der Waals surface area contributed by atoms with Gasteiger partial charge in [-0.25, -0.2) is 4.79 Å². The fourth-order valence-electron chi connectivity index (χ4n) is 3.72. The second kappa shape index (κ2) is 8.26. The molecule has 0 aliphatic carbocycles. The van der Waals surface area contributed by atoms with Crippen LogP contribution < -0.4 is 14.2 Å². The largest absolute Gasteiger partial charge is 0.497 e. The summed E-state index contributed by atoms with van der Waals surface area (Å²) in [5.41, 5.74) is 1.74. The van der Waals surface area contributed by atoms with Crippen LogP contribution in [0.15, 0.2) is 48.5 Å². The predicted molar refractivity (Wildman–Crippen MR) is 126 cm³/mol. The van der Waals surface area contributed by atoms with E-state index >= 15 is 0 Å². The summed E-state index contributed by atoms with van der Waals surface area (Å²) in [5, 5.41) is 1.88. The number of rotatable bonds is 4. The molecule has 0 fully saturated rings. The first-order valence-corrected chi connectivity index (χ1v) is 10.5. The third-order valence-corrected chi connectivity index (χ3v) is 5.41. The molecule has 0 unspecified atom stereocenters. The van der Waals surface area contributed by atoms with Crippen molar-refractivity contribution in [2.24, 2.45) is 0 Å². The van der Waals surface area contributed by atoms with Crippen molar-refractivity contribution in [1.29, 1.82) is 0 Å². The molecule has 0 saturated heterocycles. The summed E-state index contributed by atoms with van der Waals surface area (Å²) in [6.45, 7) is 12.6. The lowest BCUT2D eigenvalue weighted by atomic mass is 9.79. The molecule has 0 aliphatic rings. The highest BCUT2D eigenvalue weighted by Crippen LogP contribution is 2.43. The Hall–Kier alpha value is -3.01. The van der Waals surface area contributed by atoms with Crippen molar-refractivity contribution in [3.05, 3.63) is 65.2 Å². The van der Waals surface area contributed by atoms with Gasteiger partial charge in [0.2, 0.25) is 0 Å². The highest BCUT2D eigenvalue weighted by molar-refractivity contribution is 6.02. The Morgan fingerprint density at radius 1 is 0.742 bits per heavy atom. The molecule has 0 radical (unpaired) electrons. The Balaban J connectivity index is 2.18. The van der Waals surface area contributed by atoms with E-state index in [1.165, 1.54) is 0 Å². The Kier molecular flexibility index (Phi) is 6.04. The molecule has 31 heavy (non-hydrogen) atoms. The lowest BCUT2D eigenvalue weighted by molar-refractivity contribution is 0.0725. The number of hydrogen-bond acceptors (Lipinski definition) is 4. The second-order valence-electron chi connectivity index (χ2n) is 9.81. The molecule has 164 valence electrons. The molecule has 0 N–H and O–H groups in total. The number of hydrogen-bond donors (Lipinski definition) is 0. The van der Waals surface area contributed by atoms with Gasteiger partial charge in [-0.05, 0) is 34.4 Å². The average molecular weight is 421 g/mol. The van der Waals surface area contributed by atoms with Crippen LogP contribution in [0, 0.1) is 0 Å². The Morgan fingerprint density at radius 2 is 1.32 bits per heavy atom. The summed E-state index contributed by atoms with van der Waals surface area (Å²) in [4.78, 5) is 13.4. The van der Waals surface area contributed by atoms with Crippen molar-refractivity contribution < 1.29 is 19.0 Å². The van der Waals surface area contributed by atoms with Gasteiger partial charge in [-0.3, -0.25) is 0 Å². The van der Waals surface area contributed by atoms with Crippen LogP contribution in [0.5, 0.6) is 17.2 Å². The molecule has 3 aromatic rings. The van der Waals surface area contributed by atoms with Crippen molar-refractivity contribution in [3.63, 3.8) is 0 Å². The van der Waals surface area contributed by atoms with Gasteiger partial charge < -0.3 is 14.2 Å². The molecule has 3 aromatic carbocycles. The van der Waals surface area contributed by atoms with E-state index in [0.717, 1.165) is 27.6 Å². The fourth-order valence-corrected chi connectivity index (χ4v) is 3.72. The molecule has 0 atom stereocenters. The standard InChI is InChI=1S/C27H32O4/c1-26(2,3)21-15-18(29-7)16-22(27(4,5)6)24(21)31-25(28)20-14-13-17-11-9-10-12-19(17)23(20)30-8/h9-16H,1-8H3. The Morgan fingerprint density at radius 3 is 1.84 bits per heavy atom. The van der Waals surface area contributed by atoms with Crippen LogP contribution in [-0.2, 0) is 10.8 Å². The number of fused-ring (bicyclic) bond motifs is 1. The molecule has 0 saturated carbocycles. The van der Waals surface area contributed by atoms with E-state index in [4.69, 9.17) is 14.2 Å². The van der Waals surface area contributed by atoms with Gasteiger partial charge in [0.05, 0.1) is 14.2 Å². The number of carbonyl (C=O) groups is 1. The molecule has 4 nitrogen and oxygen atoms in total. The molecule has 0 amide bonds. The quantitative estimate of drug-likeness (QED) is 0.349. The summed E-state index contributed by atoms with van der Waals surface area (Å²) in [6, 6.07) is 15.4. The third kappa shape index (κ3) is 4.53. The molecule has 0 heterocycles. The van der Waals surface area contributed by atoms with E-state index in [-0.39, 0.29) is 10.8 Å². The molecule has 4 heteroatoms. The van der Waals surface area contributed by atoms with Gasteiger partial charge in [-0.15, -0.1) is 0 Å². The first-order valence-electron chi connectivity index (χ1n) is 10.5. The number of ether oxygens (including phenoxy) is 3. The van der Waals surface area contributed by atoms with Gasteiger partial charge in [0.25, 0.3) is 0 Å². The number of methoxy groups -OCH3 is 2. The van der Waals surface area contributed by atoms with Gasteiger partial charge in [-0.1, -0.05) is 71.9 Å². The molecular weight excluding hydrogens is 388 g/mol. The highest BCUT2D eigenvalue weighted by Gasteiger charge is 2.30. The van der Waals surface area contributed by atoms with Crippen molar-refractivity contribution >= 4 is 16.7 Å². The van der Waals surface area contributed by atoms with Crippen LogP contribution in [0.2, 0.25) is 0 Å². The van der Waals surface area contributed by atoms with Crippen molar-refractivity contribution in [2.75, 3.05) is 14.2 Å². The summed E-state index contributed by atoms with van der Waals surface area (Å²) < 4.78 is 17.3.